The molecule has 7 nitrogen and oxygen atoms in total. The van der Waals surface area contributed by atoms with E-state index in [1.165, 1.54) is 10.5 Å². The van der Waals surface area contributed by atoms with Crippen molar-refractivity contribution in [2.45, 2.75) is 30.8 Å². The maximum atomic E-state index is 12.9. The Hall–Kier alpha value is -0.770. The molecule has 21 heavy (non-hydrogen) atoms. The molecule has 1 aromatic heterocycles. The van der Waals surface area contributed by atoms with Gasteiger partial charge in [0.1, 0.15) is 4.90 Å². The first-order valence-corrected chi connectivity index (χ1v) is 9.51. The van der Waals surface area contributed by atoms with Gasteiger partial charge in [-0.15, -0.1) is 0 Å². The molecule has 9 heteroatoms. The van der Waals surface area contributed by atoms with Crippen molar-refractivity contribution in [3.8, 4) is 0 Å². The van der Waals surface area contributed by atoms with E-state index in [4.69, 9.17) is 10.5 Å². The topological polar surface area (TPSA) is 90.5 Å². The minimum absolute atomic E-state index is 0.000438. The number of thioether (sulfide) groups is 1. The lowest BCUT2D eigenvalue weighted by Crippen LogP contribution is -2.42. The van der Waals surface area contributed by atoms with Crippen LogP contribution >= 0.6 is 11.8 Å². The average Bonchev–Trinajstić information content (AvgIpc) is 3.08. The molecule has 120 valence electrons. The zero-order chi connectivity index (χ0) is 15.5. The van der Waals surface area contributed by atoms with E-state index in [1.54, 1.807) is 23.6 Å². The quantitative estimate of drug-likeness (QED) is 0.786. The van der Waals surface area contributed by atoms with Crippen LogP contribution in [0.4, 0.5) is 5.82 Å². The normalized spacial score (nSPS) is 19.5. The Morgan fingerprint density at radius 2 is 2.38 bits per heavy atom. The van der Waals surface area contributed by atoms with Crippen molar-refractivity contribution in [2.75, 3.05) is 37.5 Å². The number of nitrogens with zero attached hydrogens (tertiary/aromatic N) is 3. The number of aromatic nitrogens is 2. The number of nitrogen functional groups attached to an aromatic ring is 1. The van der Waals surface area contributed by atoms with Crippen LogP contribution in [0, 0.1) is 0 Å². The van der Waals surface area contributed by atoms with Crippen molar-refractivity contribution in [1.82, 2.24) is 14.1 Å². The molecule has 2 N–H and O–H groups in total. The van der Waals surface area contributed by atoms with E-state index in [-0.39, 0.29) is 16.8 Å². The molecule has 0 radical (unpaired) electrons. The minimum atomic E-state index is -3.64. The summed E-state index contributed by atoms with van der Waals surface area (Å²) in [5.74, 6) is 1.85. The highest BCUT2D eigenvalue weighted by molar-refractivity contribution is 7.99. The highest BCUT2D eigenvalue weighted by Gasteiger charge is 2.35. The van der Waals surface area contributed by atoms with Crippen molar-refractivity contribution >= 4 is 27.6 Å². The smallest absolute Gasteiger partial charge is 0.248 e. The lowest BCUT2D eigenvalue weighted by Gasteiger charge is -2.26. The fourth-order valence-corrected chi connectivity index (χ4v) is 5.35. The lowest BCUT2D eigenvalue weighted by atomic mass is 10.3. The van der Waals surface area contributed by atoms with Crippen LogP contribution in [0.1, 0.15) is 13.3 Å². The van der Waals surface area contributed by atoms with Gasteiger partial charge in [0.05, 0.1) is 6.61 Å². The SMILES string of the molecule is CCn1cc(S(=O)(=O)N(CCOC)C2CCSC2)c(N)n1. The molecule has 1 aliphatic rings. The van der Waals surface area contributed by atoms with Gasteiger partial charge in [-0.1, -0.05) is 0 Å². The van der Waals surface area contributed by atoms with E-state index in [2.05, 4.69) is 5.10 Å². The lowest BCUT2D eigenvalue weighted by molar-refractivity contribution is 0.169. The van der Waals surface area contributed by atoms with Crippen molar-refractivity contribution in [1.29, 1.82) is 0 Å². The summed E-state index contributed by atoms with van der Waals surface area (Å²) in [6, 6.07) is -0.000438. The van der Waals surface area contributed by atoms with Crippen LogP contribution in [-0.4, -0.2) is 60.3 Å². The molecular formula is C12H22N4O3S2. The van der Waals surface area contributed by atoms with Gasteiger partial charge in [0, 0.05) is 38.2 Å². The molecule has 1 atom stereocenters. The van der Waals surface area contributed by atoms with Crippen LogP contribution < -0.4 is 5.73 Å². The number of ether oxygens (including phenoxy) is 1. The van der Waals surface area contributed by atoms with Crippen LogP contribution in [0.5, 0.6) is 0 Å². The molecule has 1 saturated heterocycles. The third kappa shape index (κ3) is 3.53. The maximum absolute atomic E-state index is 12.9. The van der Waals surface area contributed by atoms with Gasteiger partial charge in [0.15, 0.2) is 5.82 Å². The Balaban J connectivity index is 2.33. The van der Waals surface area contributed by atoms with Crippen LogP contribution in [0.25, 0.3) is 0 Å². The molecule has 2 rings (SSSR count). The summed E-state index contributed by atoms with van der Waals surface area (Å²) in [4.78, 5) is 0.0948. The van der Waals surface area contributed by atoms with Gasteiger partial charge in [-0.2, -0.15) is 21.2 Å². The molecule has 1 unspecified atom stereocenters. The fraction of sp³-hybridized carbons (Fsp3) is 0.750. The molecular weight excluding hydrogens is 312 g/mol. The summed E-state index contributed by atoms with van der Waals surface area (Å²) < 4.78 is 33.9. The maximum Gasteiger partial charge on any atom is 0.248 e. The highest BCUT2D eigenvalue weighted by atomic mass is 32.2. The van der Waals surface area contributed by atoms with Gasteiger partial charge in [-0.3, -0.25) is 4.68 Å². The monoisotopic (exact) mass is 334 g/mol. The molecule has 0 amide bonds. The molecule has 1 aliphatic heterocycles. The van der Waals surface area contributed by atoms with Crippen molar-refractivity contribution in [3.63, 3.8) is 0 Å². The first kappa shape index (κ1) is 16.6. The van der Waals surface area contributed by atoms with Crippen molar-refractivity contribution < 1.29 is 13.2 Å². The predicted octanol–water partition coefficient (Wildman–Crippen LogP) is 0.628. The Labute approximate surface area is 129 Å². The molecule has 0 aliphatic carbocycles. The van der Waals surface area contributed by atoms with Gasteiger partial charge in [0.25, 0.3) is 0 Å². The molecule has 0 spiro atoms. The molecule has 0 aromatic carbocycles. The highest BCUT2D eigenvalue weighted by Crippen LogP contribution is 2.29. The van der Waals surface area contributed by atoms with Crippen LogP contribution in [-0.2, 0) is 21.3 Å². The van der Waals surface area contributed by atoms with Crippen LogP contribution in [0.3, 0.4) is 0 Å². The van der Waals surface area contributed by atoms with E-state index in [1.807, 2.05) is 6.92 Å². The van der Waals surface area contributed by atoms with E-state index in [9.17, 15) is 8.42 Å². The van der Waals surface area contributed by atoms with E-state index in [0.717, 1.165) is 17.9 Å². The van der Waals surface area contributed by atoms with E-state index < -0.39 is 10.0 Å². The molecule has 1 aromatic rings. The summed E-state index contributed by atoms with van der Waals surface area (Å²) in [7, 11) is -2.08. The number of hydrogen-bond acceptors (Lipinski definition) is 6. The Kier molecular flexibility index (Phi) is 5.53. The van der Waals surface area contributed by atoms with Crippen molar-refractivity contribution in [3.05, 3.63) is 6.20 Å². The predicted molar refractivity (Wildman–Crippen MR) is 83.8 cm³/mol. The zero-order valence-corrected chi connectivity index (χ0v) is 14.0. The number of methoxy groups -OCH3 is 1. The molecule has 2 heterocycles. The van der Waals surface area contributed by atoms with Crippen LogP contribution in [0.2, 0.25) is 0 Å². The van der Waals surface area contributed by atoms with Gasteiger partial charge in [-0.05, 0) is 19.1 Å². The van der Waals surface area contributed by atoms with Crippen LogP contribution in [0.15, 0.2) is 11.1 Å². The van der Waals surface area contributed by atoms with Crippen molar-refractivity contribution in [2.24, 2.45) is 0 Å². The standard InChI is InChI=1S/C12H22N4O3S2/c1-3-15-8-11(12(13)14-15)21(17,18)16(5-6-19-2)10-4-7-20-9-10/h8,10H,3-7,9H2,1-2H3,(H2,13,14). The Morgan fingerprint density at radius 3 is 2.90 bits per heavy atom. The zero-order valence-electron chi connectivity index (χ0n) is 12.4. The molecule has 0 saturated carbocycles. The number of anilines is 1. The van der Waals surface area contributed by atoms with E-state index >= 15 is 0 Å². The fourth-order valence-electron chi connectivity index (χ4n) is 2.33. The van der Waals surface area contributed by atoms with Gasteiger partial charge < -0.3 is 10.5 Å². The second-order valence-corrected chi connectivity index (χ2v) is 7.87. The molecule has 1 fully saturated rings. The summed E-state index contributed by atoms with van der Waals surface area (Å²) in [5, 5.41) is 4.04. The average molecular weight is 334 g/mol. The number of aryl methyl sites for hydroxylation is 1. The second kappa shape index (κ2) is 6.99. The van der Waals surface area contributed by atoms with Gasteiger partial charge in [0.2, 0.25) is 10.0 Å². The first-order valence-electron chi connectivity index (χ1n) is 6.92. The largest absolute Gasteiger partial charge is 0.383 e. The summed E-state index contributed by atoms with van der Waals surface area (Å²) in [6.45, 7) is 3.17. The first-order chi connectivity index (χ1) is 10.0. The Bertz CT molecular complexity index is 567. The second-order valence-electron chi connectivity index (χ2n) is 4.86. The van der Waals surface area contributed by atoms with Gasteiger partial charge in [-0.25, -0.2) is 8.42 Å². The summed E-state index contributed by atoms with van der Waals surface area (Å²) in [6.07, 6.45) is 2.36. The summed E-state index contributed by atoms with van der Waals surface area (Å²) >= 11 is 1.77. The third-order valence-electron chi connectivity index (χ3n) is 3.49. The van der Waals surface area contributed by atoms with E-state index in [0.29, 0.717) is 19.7 Å². The number of hydrogen-bond donors (Lipinski definition) is 1. The number of nitrogens with two attached hydrogens (primary N) is 1. The molecule has 0 bridgehead atoms. The number of rotatable bonds is 7. The summed E-state index contributed by atoms with van der Waals surface area (Å²) in [5.41, 5.74) is 5.79. The third-order valence-corrected chi connectivity index (χ3v) is 6.61. The van der Waals surface area contributed by atoms with Gasteiger partial charge >= 0.3 is 0 Å². The Morgan fingerprint density at radius 1 is 1.62 bits per heavy atom. The minimum Gasteiger partial charge on any atom is -0.383 e. The number of sulfonamides is 1.